The molecular formula is C11H10BrClN4O2. The number of hydrogen-bond acceptors (Lipinski definition) is 4. The quantitative estimate of drug-likeness (QED) is 0.920. The van der Waals surface area contributed by atoms with Crippen LogP contribution in [0.5, 0.6) is 0 Å². The molecule has 0 amide bonds. The number of benzene rings is 1. The summed E-state index contributed by atoms with van der Waals surface area (Å²) < 4.78 is 2.17. The van der Waals surface area contributed by atoms with Crippen molar-refractivity contribution in [1.29, 1.82) is 0 Å². The van der Waals surface area contributed by atoms with Gasteiger partial charge in [0.15, 0.2) is 5.82 Å². The Morgan fingerprint density at radius 2 is 2.32 bits per heavy atom. The van der Waals surface area contributed by atoms with Crippen LogP contribution in [0.15, 0.2) is 22.7 Å². The first-order chi connectivity index (χ1) is 9.00. The van der Waals surface area contributed by atoms with E-state index in [1.54, 1.807) is 19.1 Å². The zero-order valence-corrected chi connectivity index (χ0v) is 12.3. The summed E-state index contributed by atoms with van der Waals surface area (Å²) in [4.78, 5) is 10.9. The van der Waals surface area contributed by atoms with Crippen molar-refractivity contribution >= 4 is 33.5 Å². The number of halogens is 2. The van der Waals surface area contributed by atoms with Crippen LogP contribution in [0.1, 0.15) is 6.92 Å². The predicted octanol–water partition coefficient (Wildman–Crippen LogP) is 2.48. The van der Waals surface area contributed by atoms with Crippen molar-refractivity contribution in [2.24, 2.45) is 5.92 Å². The molecule has 0 aliphatic carbocycles. The van der Waals surface area contributed by atoms with E-state index in [4.69, 9.17) is 16.7 Å². The Bertz CT molecular complexity index is 616. The van der Waals surface area contributed by atoms with E-state index in [1.165, 1.54) is 4.68 Å². The number of carbonyl (C=O) groups is 1. The van der Waals surface area contributed by atoms with Crippen molar-refractivity contribution in [3.63, 3.8) is 0 Å². The van der Waals surface area contributed by atoms with Gasteiger partial charge in [-0.05, 0) is 38.5 Å². The monoisotopic (exact) mass is 344 g/mol. The summed E-state index contributed by atoms with van der Waals surface area (Å²) >= 11 is 9.51. The Balaban J connectivity index is 2.39. The van der Waals surface area contributed by atoms with Gasteiger partial charge < -0.3 is 5.11 Å². The van der Waals surface area contributed by atoms with E-state index in [0.717, 1.165) is 4.47 Å². The zero-order chi connectivity index (χ0) is 14.0. The Morgan fingerprint density at radius 1 is 1.58 bits per heavy atom. The summed E-state index contributed by atoms with van der Waals surface area (Å²) in [6.07, 6.45) is 0. The van der Waals surface area contributed by atoms with Crippen LogP contribution >= 0.6 is 27.5 Å². The van der Waals surface area contributed by atoms with Crippen LogP contribution in [0.4, 0.5) is 0 Å². The summed E-state index contributed by atoms with van der Waals surface area (Å²) in [5.41, 5.74) is 0.652. The number of aliphatic carboxylic acids is 1. The Labute approximate surface area is 122 Å². The van der Waals surface area contributed by atoms with Crippen molar-refractivity contribution in [1.82, 2.24) is 20.2 Å². The number of rotatable bonds is 4. The second-order valence-corrected chi connectivity index (χ2v) is 5.26. The molecule has 8 heteroatoms. The van der Waals surface area contributed by atoms with Gasteiger partial charge in [0.05, 0.1) is 17.5 Å². The average molecular weight is 346 g/mol. The van der Waals surface area contributed by atoms with Gasteiger partial charge in [0, 0.05) is 10.0 Å². The molecule has 0 spiro atoms. The van der Waals surface area contributed by atoms with Crippen LogP contribution in [0.3, 0.4) is 0 Å². The molecule has 1 unspecified atom stereocenters. The highest BCUT2D eigenvalue weighted by Gasteiger charge is 2.18. The molecule has 6 nitrogen and oxygen atoms in total. The Morgan fingerprint density at radius 3 is 3.00 bits per heavy atom. The lowest BCUT2D eigenvalue weighted by molar-refractivity contribution is -0.141. The summed E-state index contributed by atoms with van der Waals surface area (Å²) in [6.45, 7) is 1.77. The lowest BCUT2D eigenvalue weighted by Gasteiger charge is -2.09. The lowest BCUT2D eigenvalue weighted by atomic mass is 10.1. The zero-order valence-electron chi connectivity index (χ0n) is 9.92. The second-order valence-electron chi connectivity index (χ2n) is 4.03. The first-order valence-corrected chi connectivity index (χ1v) is 6.61. The third-order valence-electron chi connectivity index (χ3n) is 2.59. The van der Waals surface area contributed by atoms with E-state index in [1.807, 2.05) is 6.07 Å². The molecule has 0 radical (unpaired) electrons. The van der Waals surface area contributed by atoms with E-state index in [2.05, 4.69) is 31.5 Å². The number of carboxylic acids is 1. The normalized spacial score (nSPS) is 12.4. The Hall–Kier alpha value is -1.47. The largest absolute Gasteiger partial charge is 0.481 e. The molecule has 19 heavy (non-hydrogen) atoms. The topological polar surface area (TPSA) is 80.9 Å². The summed E-state index contributed by atoms with van der Waals surface area (Å²) in [5.74, 6) is -1.05. The summed E-state index contributed by atoms with van der Waals surface area (Å²) in [6, 6.07) is 5.39. The number of tetrazole rings is 1. The van der Waals surface area contributed by atoms with Crippen molar-refractivity contribution in [3.8, 4) is 11.4 Å². The van der Waals surface area contributed by atoms with Crippen LogP contribution in [0, 0.1) is 5.92 Å². The maximum atomic E-state index is 10.9. The molecule has 1 aromatic carbocycles. The fourth-order valence-corrected chi connectivity index (χ4v) is 2.11. The number of hydrogen-bond donors (Lipinski definition) is 1. The second kappa shape index (κ2) is 5.66. The highest BCUT2D eigenvalue weighted by atomic mass is 79.9. The van der Waals surface area contributed by atoms with Crippen LogP contribution in [0.25, 0.3) is 11.4 Å². The molecule has 0 aliphatic rings. The van der Waals surface area contributed by atoms with Gasteiger partial charge in [-0.25, -0.2) is 4.68 Å². The highest BCUT2D eigenvalue weighted by molar-refractivity contribution is 9.10. The van der Waals surface area contributed by atoms with Gasteiger partial charge in [0.1, 0.15) is 0 Å². The molecule has 0 aliphatic heterocycles. The average Bonchev–Trinajstić information content (AvgIpc) is 2.80. The highest BCUT2D eigenvalue weighted by Crippen LogP contribution is 2.32. The molecule has 0 bridgehead atoms. The molecule has 100 valence electrons. The van der Waals surface area contributed by atoms with Gasteiger partial charge >= 0.3 is 5.97 Å². The van der Waals surface area contributed by atoms with E-state index in [0.29, 0.717) is 16.4 Å². The minimum atomic E-state index is -0.901. The molecule has 1 atom stereocenters. The van der Waals surface area contributed by atoms with E-state index >= 15 is 0 Å². The Kier molecular flexibility index (Phi) is 4.16. The third kappa shape index (κ3) is 2.93. The van der Waals surface area contributed by atoms with Crippen molar-refractivity contribution in [2.75, 3.05) is 0 Å². The maximum absolute atomic E-state index is 10.9. The first-order valence-electron chi connectivity index (χ1n) is 5.44. The van der Waals surface area contributed by atoms with Crippen LogP contribution in [-0.4, -0.2) is 31.3 Å². The van der Waals surface area contributed by atoms with Crippen LogP contribution in [0.2, 0.25) is 5.02 Å². The molecule has 2 aromatic rings. The predicted molar refractivity (Wildman–Crippen MR) is 72.8 cm³/mol. The molecular weight excluding hydrogens is 336 g/mol. The molecule has 0 saturated heterocycles. The fourth-order valence-electron chi connectivity index (χ4n) is 1.53. The molecule has 1 aromatic heterocycles. The molecule has 0 fully saturated rings. The summed E-state index contributed by atoms with van der Waals surface area (Å²) in [5, 5.41) is 20.7. The van der Waals surface area contributed by atoms with Gasteiger partial charge in [0.2, 0.25) is 0 Å². The minimum Gasteiger partial charge on any atom is -0.481 e. The number of carboxylic acid groups (broad SMARTS) is 1. The molecule has 1 N–H and O–H groups in total. The van der Waals surface area contributed by atoms with Crippen LogP contribution < -0.4 is 0 Å². The SMILES string of the molecule is CC(Cn1nnnc1-c1cccc(Br)c1Cl)C(=O)O. The maximum Gasteiger partial charge on any atom is 0.308 e. The van der Waals surface area contributed by atoms with Gasteiger partial charge in [-0.1, -0.05) is 24.6 Å². The molecule has 1 heterocycles. The van der Waals surface area contributed by atoms with Crippen molar-refractivity contribution in [2.45, 2.75) is 13.5 Å². The summed E-state index contributed by atoms with van der Waals surface area (Å²) in [7, 11) is 0. The lowest BCUT2D eigenvalue weighted by Crippen LogP contribution is -2.18. The van der Waals surface area contributed by atoms with Crippen molar-refractivity contribution < 1.29 is 9.90 Å². The molecule has 2 rings (SSSR count). The van der Waals surface area contributed by atoms with E-state index in [9.17, 15) is 4.79 Å². The van der Waals surface area contributed by atoms with Gasteiger partial charge in [-0.3, -0.25) is 4.79 Å². The smallest absolute Gasteiger partial charge is 0.308 e. The first kappa shape index (κ1) is 14.0. The number of aromatic nitrogens is 4. The standard InChI is InChI=1S/C11H10BrClN4O2/c1-6(11(18)19)5-17-10(14-15-16-17)7-3-2-4-8(12)9(7)13/h2-4,6H,5H2,1H3,(H,18,19). The van der Waals surface area contributed by atoms with Gasteiger partial charge in [-0.2, -0.15) is 0 Å². The van der Waals surface area contributed by atoms with Crippen molar-refractivity contribution in [3.05, 3.63) is 27.7 Å². The third-order valence-corrected chi connectivity index (χ3v) is 3.89. The van der Waals surface area contributed by atoms with Crippen LogP contribution in [-0.2, 0) is 11.3 Å². The van der Waals surface area contributed by atoms with E-state index in [-0.39, 0.29) is 6.54 Å². The van der Waals surface area contributed by atoms with Gasteiger partial charge in [0.25, 0.3) is 0 Å². The number of nitrogens with zero attached hydrogens (tertiary/aromatic N) is 4. The minimum absolute atomic E-state index is 0.181. The van der Waals surface area contributed by atoms with Gasteiger partial charge in [-0.15, -0.1) is 5.10 Å². The fraction of sp³-hybridized carbons (Fsp3) is 0.273. The van der Waals surface area contributed by atoms with E-state index < -0.39 is 11.9 Å². The molecule has 0 saturated carbocycles.